The molecule has 1 unspecified atom stereocenters. The van der Waals surface area contributed by atoms with Gasteiger partial charge in [0.05, 0.1) is 4.90 Å². The third kappa shape index (κ3) is 4.53. The van der Waals surface area contributed by atoms with E-state index in [4.69, 9.17) is 5.73 Å². The van der Waals surface area contributed by atoms with Crippen molar-refractivity contribution in [3.05, 3.63) is 29.8 Å². The molecule has 0 amide bonds. The van der Waals surface area contributed by atoms with Gasteiger partial charge in [-0.2, -0.15) is 0 Å². The topological polar surface area (TPSA) is 72.2 Å². The highest BCUT2D eigenvalue weighted by molar-refractivity contribution is 7.89. The highest BCUT2D eigenvalue weighted by Gasteiger charge is 2.25. The summed E-state index contributed by atoms with van der Waals surface area (Å²) in [5.41, 5.74) is 6.57. The number of benzene rings is 1. The summed E-state index contributed by atoms with van der Waals surface area (Å²) in [6, 6.07) is 7.01. The maximum Gasteiger partial charge on any atom is 0.240 e. The zero-order valence-electron chi connectivity index (χ0n) is 12.7. The van der Waals surface area contributed by atoms with Gasteiger partial charge in [0.1, 0.15) is 0 Å². The van der Waals surface area contributed by atoms with E-state index in [1.807, 2.05) is 19.1 Å². The Morgan fingerprint density at radius 3 is 2.38 bits per heavy atom. The normalized spacial score (nSPS) is 18.6. The lowest BCUT2D eigenvalue weighted by molar-refractivity contribution is 0.303. The van der Waals surface area contributed by atoms with Gasteiger partial charge in [-0.15, -0.1) is 0 Å². The van der Waals surface area contributed by atoms with Crippen molar-refractivity contribution in [3.63, 3.8) is 0 Å². The van der Waals surface area contributed by atoms with E-state index in [9.17, 15) is 8.42 Å². The Kier molecular flexibility index (Phi) is 5.79. The Bertz CT molecular complexity index is 534. The van der Waals surface area contributed by atoms with E-state index in [1.54, 1.807) is 12.1 Å². The van der Waals surface area contributed by atoms with Crippen LogP contribution in [0.1, 0.15) is 44.6 Å². The molecule has 0 aromatic heterocycles. The molecule has 0 spiro atoms. The molecule has 5 heteroatoms. The maximum absolute atomic E-state index is 12.4. The van der Waals surface area contributed by atoms with E-state index in [-0.39, 0.29) is 6.04 Å². The van der Waals surface area contributed by atoms with Gasteiger partial charge in [0.25, 0.3) is 0 Å². The lowest BCUT2D eigenvalue weighted by atomic mass is 9.85. The van der Waals surface area contributed by atoms with E-state index < -0.39 is 10.0 Å². The largest absolute Gasteiger partial charge is 0.330 e. The van der Waals surface area contributed by atoms with Gasteiger partial charge in [-0.25, -0.2) is 13.1 Å². The molecule has 2 rings (SSSR count). The highest BCUT2D eigenvalue weighted by Crippen LogP contribution is 2.27. The van der Waals surface area contributed by atoms with E-state index in [2.05, 4.69) is 4.72 Å². The van der Waals surface area contributed by atoms with Crippen LogP contribution in [0, 0.1) is 5.92 Å². The number of hydrogen-bond donors (Lipinski definition) is 2. The van der Waals surface area contributed by atoms with E-state index in [1.165, 1.54) is 19.3 Å². The first-order valence-corrected chi connectivity index (χ1v) is 9.32. The summed E-state index contributed by atoms with van der Waals surface area (Å²) in [5.74, 6) is 0.463. The lowest BCUT2D eigenvalue weighted by Gasteiger charge is -2.28. The van der Waals surface area contributed by atoms with E-state index >= 15 is 0 Å². The van der Waals surface area contributed by atoms with E-state index in [0.717, 1.165) is 24.8 Å². The third-order valence-corrected chi connectivity index (χ3v) is 5.94. The molecule has 1 aromatic carbocycles. The first-order valence-electron chi connectivity index (χ1n) is 7.84. The molecular weight excluding hydrogens is 284 g/mol. The fourth-order valence-electron chi connectivity index (χ4n) is 3.05. The summed E-state index contributed by atoms with van der Waals surface area (Å²) in [4.78, 5) is 0.339. The summed E-state index contributed by atoms with van der Waals surface area (Å²) in [5, 5.41) is 0. The monoisotopic (exact) mass is 310 g/mol. The standard InChI is InChI=1S/C16H26N2O2S/c1-13(15-5-3-2-4-6-15)18-21(19,20)16-9-7-14(8-10-16)11-12-17/h7-10,13,15,18H,2-6,11-12,17H2,1H3. The summed E-state index contributed by atoms with van der Waals surface area (Å²) >= 11 is 0. The second-order valence-electron chi connectivity index (χ2n) is 5.99. The van der Waals surface area contributed by atoms with Crippen LogP contribution in [0.15, 0.2) is 29.2 Å². The second-order valence-corrected chi connectivity index (χ2v) is 7.70. The predicted octanol–water partition coefficient (Wildman–Crippen LogP) is 2.43. The van der Waals surface area contributed by atoms with Gasteiger partial charge < -0.3 is 5.73 Å². The molecule has 1 aliphatic rings. The number of hydrogen-bond acceptors (Lipinski definition) is 3. The average Bonchev–Trinajstić information content (AvgIpc) is 2.48. The summed E-state index contributed by atoms with van der Waals surface area (Å²) in [6.07, 6.45) is 6.72. The number of nitrogens with one attached hydrogen (secondary N) is 1. The Balaban J connectivity index is 2.03. The smallest absolute Gasteiger partial charge is 0.240 e. The van der Waals surface area contributed by atoms with Crippen LogP contribution in [-0.4, -0.2) is 21.0 Å². The Hall–Kier alpha value is -0.910. The fourth-order valence-corrected chi connectivity index (χ4v) is 4.36. The molecule has 0 bridgehead atoms. The third-order valence-electron chi connectivity index (χ3n) is 4.36. The molecule has 0 aliphatic heterocycles. The van der Waals surface area contributed by atoms with Crippen LogP contribution in [0.3, 0.4) is 0 Å². The van der Waals surface area contributed by atoms with Crippen molar-refractivity contribution in [1.82, 2.24) is 4.72 Å². The zero-order valence-corrected chi connectivity index (χ0v) is 13.5. The van der Waals surface area contributed by atoms with Crippen LogP contribution < -0.4 is 10.5 Å². The molecule has 0 heterocycles. The van der Waals surface area contributed by atoms with Crippen molar-refractivity contribution >= 4 is 10.0 Å². The molecule has 0 saturated heterocycles. The van der Waals surface area contributed by atoms with Crippen molar-refractivity contribution in [2.24, 2.45) is 11.7 Å². The van der Waals surface area contributed by atoms with Crippen molar-refractivity contribution in [1.29, 1.82) is 0 Å². The molecule has 21 heavy (non-hydrogen) atoms. The van der Waals surface area contributed by atoms with Gasteiger partial charge in [-0.3, -0.25) is 0 Å². The van der Waals surface area contributed by atoms with Gasteiger partial charge in [0.15, 0.2) is 0 Å². The number of rotatable bonds is 6. The van der Waals surface area contributed by atoms with Crippen molar-refractivity contribution < 1.29 is 8.42 Å². The molecule has 0 radical (unpaired) electrons. The van der Waals surface area contributed by atoms with Gasteiger partial charge in [-0.1, -0.05) is 31.4 Å². The van der Waals surface area contributed by atoms with Crippen molar-refractivity contribution in [2.75, 3.05) is 6.54 Å². The molecule has 4 nitrogen and oxygen atoms in total. The van der Waals surface area contributed by atoms with Crippen molar-refractivity contribution in [2.45, 2.75) is 56.4 Å². The van der Waals surface area contributed by atoms with Crippen LogP contribution in [0.25, 0.3) is 0 Å². The van der Waals surface area contributed by atoms with Crippen molar-refractivity contribution in [3.8, 4) is 0 Å². The Labute approximate surface area is 128 Å². The van der Waals surface area contributed by atoms with Crippen LogP contribution in [-0.2, 0) is 16.4 Å². The average molecular weight is 310 g/mol. The van der Waals surface area contributed by atoms with Gasteiger partial charge >= 0.3 is 0 Å². The van der Waals surface area contributed by atoms with Gasteiger partial charge in [0.2, 0.25) is 10.0 Å². The molecule has 1 fully saturated rings. The predicted molar refractivity (Wildman–Crippen MR) is 85.6 cm³/mol. The van der Waals surface area contributed by atoms with Crippen LogP contribution in [0.2, 0.25) is 0 Å². The SMILES string of the molecule is CC(NS(=O)(=O)c1ccc(CCN)cc1)C1CCCCC1. The summed E-state index contributed by atoms with van der Waals surface area (Å²) in [7, 11) is -3.42. The van der Waals surface area contributed by atoms with Crippen LogP contribution >= 0.6 is 0 Å². The molecule has 1 atom stereocenters. The first-order chi connectivity index (χ1) is 10.0. The molecular formula is C16H26N2O2S. The summed E-state index contributed by atoms with van der Waals surface area (Å²) in [6.45, 7) is 2.55. The zero-order chi connectivity index (χ0) is 15.3. The molecule has 1 saturated carbocycles. The van der Waals surface area contributed by atoms with Crippen LogP contribution in [0.4, 0.5) is 0 Å². The van der Waals surface area contributed by atoms with Crippen LogP contribution in [0.5, 0.6) is 0 Å². The maximum atomic E-state index is 12.4. The minimum Gasteiger partial charge on any atom is -0.330 e. The fraction of sp³-hybridized carbons (Fsp3) is 0.625. The summed E-state index contributed by atoms with van der Waals surface area (Å²) < 4.78 is 27.7. The van der Waals surface area contributed by atoms with Gasteiger partial charge in [-0.05, 0) is 56.3 Å². The first kappa shape index (κ1) is 16.5. The molecule has 1 aromatic rings. The number of sulfonamides is 1. The molecule has 118 valence electrons. The second kappa shape index (κ2) is 7.38. The molecule has 1 aliphatic carbocycles. The van der Waals surface area contributed by atoms with Gasteiger partial charge in [0, 0.05) is 6.04 Å². The highest BCUT2D eigenvalue weighted by atomic mass is 32.2. The minimum absolute atomic E-state index is 0.000909. The minimum atomic E-state index is -3.42. The Morgan fingerprint density at radius 2 is 1.81 bits per heavy atom. The quantitative estimate of drug-likeness (QED) is 0.847. The molecule has 3 N–H and O–H groups in total. The van der Waals surface area contributed by atoms with E-state index in [0.29, 0.717) is 17.4 Å². The Morgan fingerprint density at radius 1 is 1.19 bits per heavy atom. The number of nitrogens with two attached hydrogens (primary N) is 1. The lowest BCUT2D eigenvalue weighted by Crippen LogP contribution is -2.38.